The molecule has 0 spiro atoms. The van der Waals surface area contributed by atoms with Crippen molar-refractivity contribution in [3.63, 3.8) is 0 Å². The van der Waals surface area contributed by atoms with Gasteiger partial charge in [0.15, 0.2) is 0 Å². The van der Waals surface area contributed by atoms with Gasteiger partial charge in [0.1, 0.15) is 6.04 Å². The van der Waals surface area contributed by atoms with Gasteiger partial charge in [0.25, 0.3) is 0 Å². The molecule has 3 heterocycles. The van der Waals surface area contributed by atoms with Crippen LogP contribution in [-0.4, -0.2) is 67.5 Å². The molecule has 1 saturated heterocycles. The van der Waals surface area contributed by atoms with Crippen molar-refractivity contribution in [3.8, 4) is 0 Å². The minimum absolute atomic E-state index is 0.0279. The van der Waals surface area contributed by atoms with Crippen molar-refractivity contribution in [2.45, 2.75) is 52.8 Å². The zero-order chi connectivity index (χ0) is 17.6. The van der Waals surface area contributed by atoms with Crippen LogP contribution >= 0.6 is 0 Å². The van der Waals surface area contributed by atoms with E-state index >= 15 is 0 Å². The summed E-state index contributed by atoms with van der Waals surface area (Å²) >= 11 is 0. The number of hydrogen-bond acceptors (Lipinski definition) is 5. The summed E-state index contributed by atoms with van der Waals surface area (Å²) in [6, 6.07) is -0.539. The number of rotatable bonds is 1. The molecule has 1 fully saturated rings. The van der Waals surface area contributed by atoms with E-state index in [9.17, 15) is 14.7 Å². The molecule has 2 amide bonds. The largest absolute Gasteiger partial charge is 0.391 e. The van der Waals surface area contributed by atoms with Crippen LogP contribution in [0.2, 0.25) is 0 Å². The molecular formula is C16H25N5O3. The Hall–Kier alpha value is -1.96. The van der Waals surface area contributed by atoms with Gasteiger partial charge in [-0.05, 0) is 13.3 Å². The number of aliphatic hydroxyl groups excluding tert-OH is 1. The van der Waals surface area contributed by atoms with Crippen LogP contribution in [0.3, 0.4) is 0 Å². The van der Waals surface area contributed by atoms with Gasteiger partial charge in [-0.15, -0.1) is 5.10 Å². The molecule has 2 aliphatic heterocycles. The molecule has 0 bridgehead atoms. The number of fused-ring (bicyclic) bond motifs is 1. The van der Waals surface area contributed by atoms with Crippen molar-refractivity contribution in [2.75, 3.05) is 19.6 Å². The van der Waals surface area contributed by atoms with E-state index in [2.05, 4.69) is 10.3 Å². The minimum atomic E-state index is -0.539. The average Bonchev–Trinajstić information content (AvgIpc) is 3.03. The number of carbonyl (C=O) groups is 2. The fourth-order valence-electron chi connectivity index (χ4n) is 3.71. The first-order valence-electron chi connectivity index (χ1n) is 8.33. The third-order valence-corrected chi connectivity index (χ3v) is 5.06. The second-order valence-corrected chi connectivity index (χ2v) is 7.56. The number of aromatic nitrogens is 3. The van der Waals surface area contributed by atoms with Gasteiger partial charge in [-0.25, -0.2) is 4.68 Å². The average molecular weight is 335 g/mol. The van der Waals surface area contributed by atoms with Gasteiger partial charge < -0.3 is 14.9 Å². The van der Waals surface area contributed by atoms with Crippen LogP contribution in [0.4, 0.5) is 0 Å². The number of carbonyl (C=O) groups excluding carboxylic acids is 2. The number of aryl methyl sites for hydroxylation is 1. The lowest BCUT2D eigenvalue weighted by Gasteiger charge is -2.36. The summed E-state index contributed by atoms with van der Waals surface area (Å²) in [7, 11) is 0. The Morgan fingerprint density at radius 1 is 1.29 bits per heavy atom. The summed E-state index contributed by atoms with van der Waals surface area (Å²) in [6.07, 6.45) is 0.135. The van der Waals surface area contributed by atoms with Crippen LogP contribution in [0.25, 0.3) is 0 Å². The zero-order valence-corrected chi connectivity index (χ0v) is 14.7. The lowest BCUT2D eigenvalue weighted by molar-refractivity contribution is -0.140. The Morgan fingerprint density at radius 3 is 2.58 bits per heavy atom. The number of likely N-dealkylation sites (tertiary alicyclic amines) is 1. The van der Waals surface area contributed by atoms with Gasteiger partial charge in [0.2, 0.25) is 11.8 Å². The highest BCUT2D eigenvalue weighted by Gasteiger charge is 2.46. The normalized spacial score (nSPS) is 26.2. The summed E-state index contributed by atoms with van der Waals surface area (Å²) in [5, 5.41) is 18.1. The van der Waals surface area contributed by atoms with E-state index in [1.807, 2.05) is 20.8 Å². The van der Waals surface area contributed by atoms with E-state index in [1.165, 1.54) is 0 Å². The van der Waals surface area contributed by atoms with Gasteiger partial charge in [0.05, 0.1) is 24.0 Å². The Kier molecular flexibility index (Phi) is 4.11. The van der Waals surface area contributed by atoms with E-state index in [0.717, 1.165) is 11.4 Å². The molecule has 3 rings (SSSR count). The lowest BCUT2D eigenvalue weighted by Crippen LogP contribution is -2.46. The highest BCUT2D eigenvalue weighted by Crippen LogP contribution is 2.38. The molecule has 0 unspecified atom stereocenters. The molecule has 8 heteroatoms. The molecule has 8 nitrogen and oxygen atoms in total. The Bertz CT molecular complexity index is 669. The van der Waals surface area contributed by atoms with Gasteiger partial charge in [0, 0.05) is 32.0 Å². The van der Waals surface area contributed by atoms with Gasteiger partial charge in [-0.1, -0.05) is 19.1 Å². The molecular weight excluding hydrogens is 310 g/mol. The maximum atomic E-state index is 13.2. The van der Waals surface area contributed by atoms with E-state index in [4.69, 9.17) is 0 Å². The Morgan fingerprint density at radius 2 is 2.00 bits per heavy atom. The van der Waals surface area contributed by atoms with Crippen LogP contribution in [0, 0.1) is 12.3 Å². The fourth-order valence-corrected chi connectivity index (χ4v) is 3.71. The predicted octanol–water partition coefficient (Wildman–Crippen LogP) is 0.109. The Balaban J connectivity index is 2.03. The lowest BCUT2D eigenvalue weighted by atomic mass is 9.83. The topological polar surface area (TPSA) is 91.6 Å². The number of hydrogen-bond donors (Lipinski definition) is 1. The van der Waals surface area contributed by atoms with Crippen LogP contribution < -0.4 is 0 Å². The molecule has 2 atom stereocenters. The first-order chi connectivity index (χ1) is 11.2. The third kappa shape index (κ3) is 2.79. The highest BCUT2D eigenvalue weighted by atomic mass is 16.3. The molecule has 0 radical (unpaired) electrons. The smallest absolute Gasteiger partial charge is 0.248 e. The second-order valence-electron chi connectivity index (χ2n) is 7.56. The van der Waals surface area contributed by atoms with E-state index in [0.29, 0.717) is 32.6 Å². The molecule has 1 aromatic heterocycles. The van der Waals surface area contributed by atoms with Crippen LogP contribution in [0.5, 0.6) is 0 Å². The van der Waals surface area contributed by atoms with E-state index in [-0.39, 0.29) is 11.8 Å². The highest BCUT2D eigenvalue weighted by molar-refractivity contribution is 5.82. The SMILES string of the molecule is CC(=O)N1Cc2c(C)nnn2[C@H](C(=O)N2CC[C@@H](O)C2)C(C)(C)C1. The second kappa shape index (κ2) is 5.84. The quantitative estimate of drug-likeness (QED) is 0.786. The standard InChI is InChI=1S/C16H25N5O3/c1-10-13-8-20(11(2)22)9-16(3,4)14(21(13)18-17-10)15(24)19-6-5-12(23)7-19/h12,14,23H,5-9H2,1-4H3/t12-,14-/m1/s1. The number of amides is 2. The van der Waals surface area contributed by atoms with Crippen LogP contribution in [0.1, 0.15) is 44.6 Å². The molecule has 0 aliphatic carbocycles. The zero-order valence-electron chi connectivity index (χ0n) is 14.7. The molecule has 0 aromatic carbocycles. The Labute approximate surface area is 141 Å². The first kappa shape index (κ1) is 16.9. The minimum Gasteiger partial charge on any atom is -0.391 e. The van der Waals surface area contributed by atoms with E-state index in [1.54, 1.807) is 21.4 Å². The molecule has 0 saturated carbocycles. The third-order valence-electron chi connectivity index (χ3n) is 5.06. The van der Waals surface area contributed by atoms with Crippen LogP contribution in [-0.2, 0) is 16.1 Å². The maximum Gasteiger partial charge on any atom is 0.248 e. The summed E-state index contributed by atoms with van der Waals surface area (Å²) in [6.45, 7) is 9.11. The molecule has 2 aliphatic rings. The molecule has 132 valence electrons. The van der Waals surface area contributed by atoms with Gasteiger partial charge in [-0.2, -0.15) is 0 Å². The monoisotopic (exact) mass is 335 g/mol. The van der Waals surface area contributed by atoms with E-state index < -0.39 is 17.6 Å². The summed E-state index contributed by atoms with van der Waals surface area (Å²) in [5.41, 5.74) is 1.04. The van der Waals surface area contributed by atoms with Gasteiger partial charge >= 0.3 is 0 Å². The number of β-amino-alcohol motifs (C(OH)–C–C–N with tert-alkyl or cyclic N) is 1. The first-order valence-corrected chi connectivity index (χ1v) is 8.33. The van der Waals surface area contributed by atoms with Crippen molar-refractivity contribution in [1.82, 2.24) is 24.8 Å². The van der Waals surface area contributed by atoms with Gasteiger partial charge in [-0.3, -0.25) is 9.59 Å². The molecule has 1 aromatic rings. The predicted molar refractivity (Wildman–Crippen MR) is 85.9 cm³/mol. The van der Waals surface area contributed by atoms with Crippen molar-refractivity contribution in [3.05, 3.63) is 11.4 Å². The molecule has 1 N–H and O–H groups in total. The molecule has 24 heavy (non-hydrogen) atoms. The summed E-state index contributed by atoms with van der Waals surface area (Å²) < 4.78 is 1.69. The summed E-state index contributed by atoms with van der Waals surface area (Å²) in [5.74, 6) is -0.0898. The number of nitrogens with zero attached hydrogens (tertiary/aromatic N) is 5. The van der Waals surface area contributed by atoms with Crippen LogP contribution in [0.15, 0.2) is 0 Å². The van der Waals surface area contributed by atoms with Crippen molar-refractivity contribution in [1.29, 1.82) is 0 Å². The number of aliphatic hydroxyl groups is 1. The van der Waals surface area contributed by atoms with Crippen molar-refractivity contribution < 1.29 is 14.7 Å². The van der Waals surface area contributed by atoms with Crippen molar-refractivity contribution in [2.24, 2.45) is 5.41 Å². The summed E-state index contributed by atoms with van der Waals surface area (Å²) in [4.78, 5) is 28.6. The fraction of sp³-hybridized carbons (Fsp3) is 0.750. The maximum absolute atomic E-state index is 13.2. The van der Waals surface area contributed by atoms with Crippen molar-refractivity contribution >= 4 is 11.8 Å².